The van der Waals surface area contributed by atoms with Crippen molar-refractivity contribution in [1.82, 2.24) is 19.8 Å². The molecule has 6 heteroatoms. The summed E-state index contributed by atoms with van der Waals surface area (Å²) in [6, 6.07) is 26.8. The monoisotopic (exact) mass is 502 g/mol. The standard InChI is InChI=1S/C32H30N4O2/c37-31-20-35(32(38)30-17-26-16-24(23-7-8-23)9-11-29(26)34-30)19-27(15-21-4-2-1-3-5-21)36(31)18-22-6-10-28-25(14-22)12-13-33-28/h1-6,9-14,16-17,23,27,33-34H,7-8,15,18-20H2/t27-/m0/s1. The maximum absolute atomic E-state index is 13.6. The van der Waals surface area contributed by atoms with Crippen LogP contribution in [0, 0.1) is 0 Å². The van der Waals surface area contributed by atoms with Gasteiger partial charge in [0.2, 0.25) is 5.91 Å². The van der Waals surface area contributed by atoms with Crippen LogP contribution in [0.15, 0.2) is 85.1 Å². The minimum Gasteiger partial charge on any atom is -0.361 e. The van der Waals surface area contributed by atoms with Gasteiger partial charge in [-0.15, -0.1) is 0 Å². The molecule has 1 aliphatic carbocycles. The number of rotatable bonds is 6. The molecule has 2 aromatic heterocycles. The molecule has 2 N–H and O–H groups in total. The van der Waals surface area contributed by atoms with E-state index in [9.17, 15) is 9.59 Å². The molecule has 2 amide bonds. The van der Waals surface area contributed by atoms with Gasteiger partial charge in [0, 0.05) is 35.7 Å². The normalized spacial score (nSPS) is 18.0. The van der Waals surface area contributed by atoms with Crippen LogP contribution in [0.1, 0.15) is 45.9 Å². The van der Waals surface area contributed by atoms with Gasteiger partial charge < -0.3 is 19.8 Å². The van der Waals surface area contributed by atoms with Crippen LogP contribution in [0.2, 0.25) is 0 Å². The van der Waals surface area contributed by atoms with Crippen molar-refractivity contribution < 1.29 is 9.59 Å². The summed E-state index contributed by atoms with van der Waals surface area (Å²) in [6.07, 6.45) is 5.12. The zero-order chi connectivity index (χ0) is 25.6. The third kappa shape index (κ3) is 4.36. The zero-order valence-corrected chi connectivity index (χ0v) is 21.2. The largest absolute Gasteiger partial charge is 0.361 e. The first-order valence-electron chi connectivity index (χ1n) is 13.4. The molecule has 1 atom stereocenters. The molecular weight excluding hydrogens is 472 g/mol. The van der Waals surface area contributed by atoms with E-state index in [1.807, 2.05) is 41.4 Å². The number of nitrogens with zero attached hydrogens (tertiary/aromatic N) is 2. The van der Waals surface area contributed by atoms with Gasteiger partial charge in [-0.25, -0.2) is 0 Å². The highest BCUT2D eigenvalue weighted by atomic mass is 16.2. The van der Waals surface area contributed by atoms with Crippen molar-refractivity contribution in [3.8, 4) is 0 Å². The van der Waals surface area contributed by atoms with Gasteiger partial charge in [0.1, 0.15) is 12.2 Å². The van der Waals surface area contributed by atoms with Gasteiger partial charge in [-0.05, 0) is 83.7 Å². The molecule has 5 aromatic rings. The number of nitrogens with one attached hydrogen (secondary N) is 2. The summed E-state index contributed by atoms with van der Waals surface area (Å²) in [5.74, 6) is 0.525. The number of piperazine rings is 1. The lowest BCUT2D eigenvalue weighted by atomic mass is 10.00. The van der Waals surface area contributed by atoms with E-state index >= 15 is 0 Å². The van der Waals surface area contributed by atoms with Gasteiger partial charge >= 0.3 is 0 Å². The number of amides is 2. The van der Waals surface area contributed by atoms with Crippen LogP contribution in [0.25, 0.3) is 21.8 Å². The number of carbonyl (C=O) groups excluding carboxylic acids is 2. The van der Waals surface area contributed by atoms with E-state index in [1.165, 1.54) is 18.4 Å². The minimum absolute atomic E-state index is 0.0215. The molecule has 1 saturated carbocycles. The molecule has 2 fully saturated rings. The number of aromatic nitrogens is 2. The molecule has 0 unspecified atom stereocenters. The molecule has 6 nitrogen and oxygen atoms in total. The van der Waals surface area contributed by atoms with Crippen LogP contribution >= 0.6 is 0 Å². The van der Waals surface area contributed by atoms with Crippen molar-refractivity contribution >= 4 is 33.6 Å². The third-order valence-electron chi connectivity index (χ3n) is 8.01. The van der Waals surface area contributed by atoms with Gasteiger partial charge in [0.05, 0.1) is 6.04 Å². The second-order valence-corrected chi connectivity index (χ2v) is 10.8. The molecule has 3 aromatic carbocycles. The van der Waals surface area contributed by atoms with E-state index in [-0.39, 0.29) is 24.4 Å². The molecule has 2 aliphatic rings. The highest BCUT2D eigenvalue weighted by molar-refractivity contribution is 6.00. The quantitative estimate of drug-likeness (QED) is 0.316. The predicted molar refractivity (Wildman–Crippen MR) is 149 cm³/mol. The molecule has 38 heavy (non-hydrogen) atoms. The number of aromatic amines is 2. The van der Waals surface area contributed by atoms with Gasteiger partial charge in [0.25, 0.3) is 5.91 Å². The Morgan fingerprint density at radius 3 is 2.55 bits per heavy atom. The first-order chi connectivity index (χ1) is 18.6. The molecular formula is C32H30N4O2. The summed E-state index contributed by atoms with van der Waals surface area (Å²) in [7, 11) is 0. The molecule has 3 heterocycles. The van der Waals surface area contributed by atoms with Crippen molar-refractivity contribution in [2.75, 3.05) is 13.1 Å². The maximum atomic E-state index is 13.6. The topological polar surface area (TPSA) is 72.2 Å². The fourth-order valence-electron chi connectivity index (χ4n) is 5.81. The third-order valence-corrected chi connectivity index (χ3v) is 8.01. The highest BCUT2D eigenvalue weighted by Crippen LogP contribution is 2.41. The Hall–Kier alpha value is -4.32. The van der Waals surface area contributed by atoms with Crippen LogP contribution in [0.4, 0.5) is 0 Å². The highest BCUT2D eigenvalue weighted by Gasteiger charge is 2.35. The second kappa shape index (κ2) is 9.21. The molecule has 7 rings (SSSR count). The van der Waals surface area contributed by atoms with Crippen LogP contribution < -0.4 is 0 Å². The van der Waals surface area contributed by atoms with E-state index in [0.29, 0.717) is 31.1 Å². The zero-order valence-electron chi connectivity index (χ0n) is 21.2. The minimum atomic E-state index is -0.117. The average Bonchev–Trinajstić information content (AvgIpc) is 3.53. The van der Waals surface area contributed by atoms with E-state index in [1.54, 1.807) is 4.90 Å². The van der Waals surface area contributed by atoms with E-state index in [2.05, 4.69) is 58.5 Å². The summed E-state index contributed by atoms with van der Waals surface area (Å²) in [5, 5.41) is 2.19. The molecule has 190 valence electrons. The maximum Gasteiger partial charge on any atom is 0.270 e. The van der Waals surface area contributed by atoms with Gasteiger partial charge in [-0.3, -0.25) is 9.59 Å². The Morgan fingerprint density at radius 1 is 0.868 bits per heavy atom. The van der Waals surface area contributed by atoms with E-state index < -0.39 is 0 Å². The van der Waals surface area contributed by atoms with Crippen LogP contribution in [-0.2, 0) is 17.8 Å². The fourth-order valence-corrected chi connectivity index (χ4v) is 5.81. The Balaban J connectivity index is 1.16. The van der Waals surface area contributed by atoms with Crippen molar-refractivity contribution in [2.45, 2.75) is 37.8 Å². The van der Waals surface area contributed by atoms with E-state index in [4.69, 9.17) is 0 Å². The van der Waals surface area contributed by atoms with Gasteiger partial charge in [0.15, 0.2) is 0 Å². The van der Waals surface area contributed by atoms with Crippen LogP contribution in [-0.4, -0.2) is 50.7 Å². The van der Waals surface area contributed by atoms with Crippen molar-refractivity contribution in [3.63, 3.8) is 0 Å². The smallest absolute Gasteiger partial charge is 0.270 e. The molecule has 0 radical (unpaired) electrons. The fraction of sp³-hybridized carbons (Fsp3) is 0.250. The number of benzene rings is 3. The Morgan fingerprint density at radius 2 is 1.71 bits per heavy atom. The number of fused-ring (bicyclic) bond motifs is 2. The van der Waals surface area contributed by atoms with Gasteiger partial charge in [-0.1, -0.05) is 42.5 Å². The first kappa shape index (κ1) is 22.8. The van der Waals surface area contributed by atoms with E-state index in [0.717, 1.165) is 32.9 Å². The van der Waals surface area contributed by atoms with Crippen molar-refractivity contribution in [3.05, 3.63) is 107 Å². The Labute approximate surface area is 221 Å². The van der Waals surface area contributed by atoms with Crippen molar-refractivity contribution in [2.24, 2.45) is 0 Å². The lowest BCUT2D eigenvalue weighted by Gasteiger charge is -2.41. The summed E-state index contributed by atoms with van der Waals surface area (Å²) >= 11 is 0. The molecule has 1 saturated heterocycles. The lowest BCUT2D eigenvalue weighted by molar-refractivity contribution is -0.139. The van der Waals surface area contributed by atoms with Gasteiger partial charge in [-0.2, -0.15) is 0 Å². The summed E-state index contributed by atoms with van der Waals surface area (Å²) in [5.41, 5.74) is 6.18. The average molecular weight is 503 g/mol. The number of hydrogen-bond acceptors (Lipinski definition) is 2. The summed E-state index contributed by atoms with van der Waals surface area (Å²) in [6.45, 7) is 1.10. The van der Waals surface area contributed by atoms with Crippen molar-refractivity contribution in [1.29, 1.82) is 0 Å². The SMILES string of the molecule is O=C(c1cc2cc(C3CC3)ccc2[nH]1)N1CC(=O)N(Cc2ccc3[nH]ccc3c2)[C@@H](Cc2ccccc2)C1. The number of carbonyl (C=O) groups is 2. The summed E-state index contributed by atoms with van der Waals surface area (Å²) in [4.78, 5) is 37.4. The first-order valence-corrected chi connectivity index (χ1v) is 13.4. The Bertz CT molecular complexity index is 1650. The predicted octanol–water partition coefficient (Wildman–Crippen LogP) is 5.62. The number of H-pyrrole nitrogens is 2. The lowest BCUT2D eigenvalue weighted by Crippen LogP contribution is -2.58. The number of hydrogen-bond donors (Lipinski definition) is 2. The van der Waals surface area contributed by atoms with Crippen LogP contribution in [0.3, 0.4) is 0 Å². The van der Waals surface area contributed by atoms with Crippen LogP contribution in [0.5, 0.6) is 0 Å². The second-order valence-electron chi connectivity index (χ2n) is 10.8. The summed E-state index contributed by atoms with van der Waals surface area (Å²) < 4.78 is 0. The molecule has 0 bridgehead atoms. The molecule has 0 spiro atoms. The molecule has 1 aliphatic heterocycles. The Kier molecular flexibility index (Phi) is 5.54.